The number of aliphatic hydroxyl groups excluding tert-OH is 1. The Morgan fingerprint density at radius 1 is 1.44 bits per heavy atom. The van der Waals surface area contributed by atoms with Gasteiger partial charge in [-0.2, -0.15) is 0 Å². The summed E-state index contributed by atoms with van der Waals surface area (Å²) in [5, 5.41) is 12.7. The summed E-state index contributed by atoms with van der Waals surface area (Å²) in [5.41, 5.74) is 2.52. The molecule has 2 rings (SSSR count). The van der Waals surface area contributed by atoms with Gasteiger partial charge >= 0.3 is 0 Å². The number of para-hydroxylation sites is 1. The van der Waals surface area contributed by atoms with E-state index in [0.29, 0.717) is 12.1 Å². The smallest absolute Gasteiger partial charge is 0.253 e. The molecule has 1 amide bonds. The molecule has 1 aromatic heterocycles. The third kappa shape index (κ3) is 2.38. The van der Waals surface area contributed by atoms with Crippen molar-refractivity contribution < 1.29 is 9.90 Å². The number of carbonyl (C=O) groups is 1. The number of aliphatic hydroxyl groups is 1. The highest BCUT2D eigenvalue weighted by atomic mass is 16.3. The van der Waals surface area contributed by atoms with Crippen LogP contribution in [0.1, 0.15) is 23.0 Å². The highest BCUT2D eigenvalue weighted by Gasteiger charge is 2.15. The van der Waals surface area contributed by atoms with E-state index in [4.69, 9.17) is 5.11 Å². The summed E-state index contributed by atoms with van der Waals surface area (Å²) < 4.78 is 0. The van der Waals surface area contributed by atoms with Gasteiger partial charge in [0.25, 0.3) is 5.91 Å². The predicted octanol–water partition coefficient (Wildman–Crippen LogP) is 1.83. The zero-order valence-corrected chi connectivity index (χ0v) is 10.7. The fourth-order valence-corrected chi connectivity index (χ4v) is 1.99. The van der Waals surface area contributed by atoms with E-state index in [0.717, 1.165) is 16.6 Å². The number of hydrogen-bond donors (Lipinski definition) is 3. The van der Waals surface area contributed by atoms with Gasteiger partial charge in [0.15, 0.2) is 0 Å². The van der Waals surface area contributed by atoms with Crippen molar-refractivity contribution in [2.75, 3.05) is 13.2 Å². The highest BCUT2D eigenvalue weighted by molar-refractivity contribution is 6.08. The largest absolute Gasteiger partial charge is 0.396 e. The first-order chi connectivity index (χ1) is 8.63. The van der Waals surface area contributed by atoms with Crippen molar-refractivity contribution in [3.8, 4) is 0 Å². The monoisotopic (exact) mass is 246 g/mol. The van der Waals surface area contributed by atoms with E-state index in [-0.39, 0.29) is 18.4 Å². The number of amides is 1. The molecule has 0 aliphatic rings. The van der Waals surface area contributed by atoms with Crippen molar-refractivity contribution in [1.82, 2.24) is 10.3 Å². The van der Waals surface area contributed by atoms with Crippen LogP contribution in [0.25, 0.3) is 10.9 Å². The fraction of sp³-hybridized carbons (Fsp3) is 0.357. The van der Waals surface area contributed by atoms with Crippen LogP contribution >= 0.6 is 0 Å². The first kappa shape index (κ1) is 12.6. The molecular weight excluding hydrogens is 228 g/mol. The number of carbonyl (C=O) groups excluding carboxylic acids is 1. The van der Waals surface area contributed by atoms with Crippen LogP contribution in [-0.4, -0.2) is 29.1 Å². The van der Waals surface area contributed by atoms with Crippen molar-refractivity contribution in [1.29, 1.82) is 0 Å². The second-order valence-electron chi connectivity index (χ2n) is 4.67. The molecule has 0 fully saturated rings. The molecule has 1 atom stereocenters. The van der Waals surface area contributed by atoms with Gasteiger partial charge in [-0.25, -0.2) is 0 Å². The van der Waals surface area contributed by atoms with Crippen molar-refractivity contribution in [3.05, 3.63) is 35.5 Å². The van der Waals surface area contributed by atoms with E-state index in [1.807, 2.05) is 38.1 Å². The third-order valence-electron chi connectivity index (χ3n) is 3.04. The molecule has 18 heavy (non-hydrogen) atoms. The molecule has 0 spiro atoms. The number of hydrogen-bond acceptors (Lipinski definition) is 2. The Hall–Kier alpha value is -1.81. The second-order valence-corrected chi connectivity index (χ2v) is 4.67. The van der Waals surface area contributed by atoms with E-state index in [9.17, 15) is 4.79 Å². The number of fused-ring (bicyclic) bond motifs is 1. The SMILES string of the molecule is Cc1[nH]c2ccccc2c1C(=O)NCC(C)CO. The Labute approximate surface area is 106 Å². The molecule has 96 valence electrons. The van der Waals surface area contributed by atoms with Crippen LogP contribution in [0, 0.1) is 12.8 Å². The number of H-pyrrole nitrogens is 1. The van der Waals surface area contributed by atoms with Gasteiger partial charge in [0, 0.05) is 29.7 Å². The van der Waals surface area contributed by atoms with Crippen LogP contribution < -0.4 is 5.32 Å². The minimum atomic E-state index is -0.0924. The number of aryl methyl sites for hydroxylation is 1. The maximum Gasteiger partial charge on any atom is 0.253 e. The summed E-state index contributed by atoms with van der Waals surface area (Å²) in [5.74, 6) is -0.0234. The fourth-order valence-electron chi connectivity index (χ4n) is 1.99. The molecule has 1 unspecified atom stereocenters. The summed E-state index contributed by atoms with van der Waals surface area (Å²) in [7, 11) is 0. The van der Waals surface area contributed by atoms with Gasteiger partial charge in [-0.3, -0.25) is 4.79 Å². The van der Waals surface area contributed by atoms with Crippen LogP contribution in [0.2, 0.25) is 0 Å². The quantitative estimate of drug-likeness (QED) is 0.770. The molecule has 0 saturated carbocycles. The van der Waals surface area contributed by atoms with Gasteiger partial charge in [-0.05, 0) is 18.9 Å². The van der Waals surface area contributed by atoms with Gasteiger partial charge < -0.3 is 15.4 Å². The summed E-state index contributed by atoms with van der Waals surface area (Å²) in [4.78, 5) is 15.3. The van der Waals surface area contributed by atoms with E-state index in [2.05, 4.69) is 10.3 Å². The van der Waals surface area contributed by atoms with Crippen molar-refractivity contribution in [3.63, 3.8) is 0 Å². The molecule has 0 saturated heterocycles. The summed E-state index contributed by atoms with van der Waals surface area (Å²) >= 11 is 0. The van der Waals surface area contributed by atoms with Gasteiger partial charge in [0.1, 0.15) is 0 Å². The zero-order valence-electron chi connectivity index (χ0n) is 10.7. The molecule has 0 aliphatic carbocycles. The average Bonchev–Trinajstić information content (AvgIpc) is 2.71. The minimum absolute atomic E-state index is 0.0689. The third-order valence-corrected chi connectivity index (χ3v) is 3.04. The number of rotatable bonds is 4. The first-order valence-corrected chi connectivity index (χ1v) is 6.10. The van der Waals surface area contributed by atoms with E-state index < -0.39 is 0 Å². The first-order valence-electron chi connectivity index (χ1n) is 6.10. The van der Waals surface area contributed by atoms with Gasteiger partial charge in [0.2, 0.25) is 0 Å². The molecule has 1 heterocycles. The molecular formula is C14H18N2O2. The van der Waals surface area contributed by atoms with E-state index in [1.54, 1.807) is 0 Å². The van der Waals surface area contributed by atoms with Crippen LogP contribution in [0.15, 0.2) is 24.3 Å². The van der Waals surface area contributed by atoms with Gasteiger partial charge in [-0.1, -0.05) is 25.1 Å². The van der Waals surface area contributed by atoms with Crippen LogP contribution in [-0.2, 0) is 0 Å². The Morgan fingerprint density at radius 2 is 2.17 bits per heavy atom. The second kappa shape index (κ2) is 5.23. The zero-order chi connectivity index (χ0) is 13.1. The molecule has 4 nitrogen and oxygen atoms in total. The molecule has 1 aromatic carbocycles. The standard InChI is InChI=1S/C14H18N2O2/c1-9(8-17)7-15-14(18)13-10(2)16-12-6-4-3-5-11(12)13/h3-6,9,16-17H,7-8H2,1-2H3,(H,15,18). The Bertz CT molecular complexity index is 560. The normalized spacial score (nSPS) is 12.6. The molecule has 4 heteroatoms. The minimum Gasteiger partial charge on any atom is -0.396 e. The van der Waals surface area contributed by atoms with Crippen LogP contribution in [0.4, 0.5) is 0 Å². The summed E-state index contributed by atoms with van der Waals surface area (Å²) in [6.45, 7) is 4.34. The lowest BCUT2D eigenvalue weighted by Crippen LogP contribution is -2.29. The molecule has 0 radical (unpaired) electrons. The van der Waals surface area contributed by atoms with Crippen molar-refractivity contribution in [2.24, 2.45) is 5.92 Å². The number of aromatic nitrogens is 1. The van der Waals surface area contributed by atoms with E-state index in [1.165, 1.54) is 0 Å². The van der Waals surface area contributed by atoms with Gasteiger partial charge in [0.05, 0.1) is 5.56 Å². The summed E-state index contributed by atoms with van der Waals surface area (Å²) in [6, 6.07) is 7.75. The highest BCUT2D eigenvalue weighted by Crippen LogP contribution is 2.21. The molecule has 2 aromatic rings. The Kier molecular flexibility index (Phi) is 3.67. The maximum atomic E-state index is 12.1. The van der Waals surface area contributed by atoms with Crippen molar-refractivity contribution >= 4 is 16.8 Å². The number of benzene rings is 1. The predicted molar refractivity (Wildman–Crippen MR) is 71.6 cm³/mol. The Balaban J connectivity index is 2.25. The number of aromatic amines is 1. The topological polar surface area (TPSA) is 65.1 Å². The lowest BCUT2D eigenvalue weighted by molar-refractivity contribution is 0.0943. The summed E-state index contributed by atoms with van der Waals surface area (Å²) in [6.07, 6.45) is 0. The lowest BCUT2D eigenvalue weighted by Gasteiger charge is -2.09. The molecule has 3 N–H and O–H groups in total. The lowest BCUT2D eigenvalue weighted by atomic mass is 10.1. The molecule has 0 bridgehead atoms. The van der Waals surface area contributed by atoms with Crippen LogP contribution in [0.3, 0.4) is 0 Å². The Morgan fingerprint density at radius 3 is 2.89 bits per heavy atom. The van der Waals surface area contributed by atoms with E-state index >= 15 is 0 Å². The average molecular weight is 246 g/mol. The van der Waals surface area contributed by atoms with Crippen LogP contribution in [0.5, 0.6) is 0 Å². The maximum absolute atomic E-state index is 12.1. The van der Waals surface area contributed by atoms with Gasteiger partial charge in [-0.15, -0.1) is 0 Å². The molecule has 0 aliphatic heterocycles. The van der Waals surface area contributed by atoms with Crippen molar-refractivity contribution in [2.45, 2.75) is 13.8 Å². The number of nitrogens with one attached hydrogen (secondary N) is 2.